The molecule has 4 aromatic rings. The molecule has 5 rings (SSSR count). The highest BCUT2D eigenvalue weighted by molar-refractivity contribution is 6.32. The number of aromatic amines is 1. The molecule has 2 heterocycles. The minimum absolute atomic E-state index is 0.0164. The van der Waals surface area contributed by atoms with Crippen molar-refractivity contribution in [3.8, 4) is 22.5 Å². The second-order valence-corrected chi connectivity index (χ2v) is 12.6. The predicted octanol–water partition coefficient (Wildman–Crippen LogP) is 6.89. The van der Waals surface area contributed by atoms with E-state index in [0.717, 1.165) is 54.4 Å². The van der Waals surface area contributed by atoms with Gasteiger partial charge in [-0.2, -0.15) is 0 Å². The summed E-state index contributed by atoms with van der Waals surface area (Å²) in [5.41, 5.74) is 3.69. The maximum absolute atomic E-state index is 13.4. The van der Waals surface area contributed by atoms with Gasteiger partial charge in [0.05, 0.1) is 24.2 Å². The number of aromatic nitrogens is 6. The average molecular weight is 738 g/mol. The number of hydrazine groups is 1. The summed E-state index contributed by atoms with van der Waals surface area (Å²) in [6.07, 6.45) is 4.57. The zero-order valence-electron chi connectivity index (χ0n) is 29.6. The van der Waals surface area contributed by atoms with Crippen molar-refractivity contribution in [2.45, 2.75) is 91.0 Å². The minimum Gasteiger partial charge on any atom is -0.569 e. The van der Waals surface area contributed by atoms with Gasteiger partial charge in [0.1, 0.15) is 12.4 Å². The number of benzene rings is 2. The number of nitrogens with zero attached hydrogens (tertiary/aromatic N) is 8. The van der Waals surface area contributed by atoms with Crippen LogP contribution in [0.25, 0.3) is 22.5 Å². The number of carbonyl (C=O) groups excluding carboxylic acids is 2. The molecule has 1 saturated carbocycles. The molecule has 0 amide bonds. The van der Waals surface area contributed by atoms with Crippen molar-refractivity contribution in [1.29, 1.82) is 0 Å². The summed E-state index contributed by atoms with van der Waals surface area (Å²) in [6, 6.07) is 15.8. The maximum Gasteiger partial charge on any atom is 0.511 e. The van der Waals surface area contributed by atoms with Crippen LogP contribution in [-0.2, 0) is 32.0 Å². The molecule has 1 unspecified atom stereocenters. The second kappa shape index (κ2) is 18.8. The topological polar surface area (TPSA) is 185 Å². The molecule has 0 spiro atoms. The summed E-state index contributed by atoms with van der Waals surface area (Å²) in [4.78, 5) is 35.7. The fourth-order valence-electron chi connectivity index (χ4n) is 6.15. The number of nitrogens with one attached hydrogen (secondary N) is 1. The Labute approximate surface area is 306 Å². The van der Waals surface area contributed by atoms with Crippen LogP contribution in [0.5, 0.6) is 0 Å². The molecule has 52 heavy (non-hydrogen) atoms. The lowest BCUT2D eigenvalue weighted by molar-refractivity contribution is -0.718. The molecule has 1 aliphatic carbocycles. The van der Waals surface area contributed by atoms with Gasteiger partial charge in [0.15, 0.2) is 16.7 Å². The van der Waals surface area contributed by atoms with Gasteiger partial charge < -0.3 is 28.8 Å². The molecular weight excluding hydrogens is 694 g/mol. The van der Waals surface area contributed by atoms with E-state index in [1.54, 1.807) is 9.58 Å². The number of H-pyrrole nitrogens is 1. The highest BCUT2D eigenvalue weighted by atomic mass is 35.5. The molecule has 0 saturated heterocycles. The zero-order valence-corrected chi connectivity index (χ0v) is 30.3. The van der Waals surface area contributed by atoms with Gasteiger partial charge in [0, 0.05) is 31.9 Å². The largest absolute Gasteiger partial charge is 0.569 e. The predicted molar refractivity (Wildman–Crippen MR) is 189 cm³/mol. The lowest BCUT2D eigenvalue weighted by Gasteiger charge is -2.28. The summed E-state index contributed by atoms with van der Waals surface area (Å²) >= 11 is 6.47. The first-order valence-corrected chi connectivity index (χ1v) is 17.9. The van der Waals surface area contributed by atoms with Crippen molar-refractivity contribution in [3.05, 3.63) is 76.0 Å². The normalized spacial score (nSPS) is 14.1. The van der Waals surface area contributed by atoms with Crippen molar-refractivity contribution in [2.75, 3.05) is 19.8 Å². The van der Waals surface area contributed by atoms with Gasteiger partial charge in [-0.3, -0.25) is 0 Å². The van der Waals surface area contributed by atoms with Crippen LogP contribution < -0.4 is 0 Å². The van der Waals surface area contributed by atoms with Gasteiger partial charge in [-0.1, -0.05) is 86.3 Å². The van der Waals surface area contributed by atoms with E-state index in [1.807, 2.05) is 62.4 Å². The first-order chi connectivity index (χ1) is 25.3. The van der Waals surface area contributed by atoms with Crippen molar-refractivity contribution >= 4 is 23.7 Å². The Hall–Kier alpha value is -5.25. The summed E-state index contributed by atoms with van der Waals surface area (Å²) in [6.45, 7) is 6.11. The number of halogens is 1. The number of imidazole rings is 1. The van der Waals surface area contributed by atoms with Crippen LogP contribution in [0.3, 0.4) is 0 Å². The summed E-state index contributed by atoms with van der Waals surface area (Å²) in [5.74, 6) is 0.368. The molecule has 17 heteroatoms. The minimum atomic E-state index is -1.28. The fraction of sp³-hybridized carbons (Fsp3) is 0.486. The SMILES string of the molecule is CCCc1nc(Cl)c(C(=O)OC(C)OC(=O)OCCCO/N=[N+](\[O-])N(CC)C2CCCCC2)n1Cc1ccc(-c2ccccc2-c2nnn[nH]2)cc1. The Bertz CT molecular complexity index is 1780. The quantitative estimate of drug-likeness (QED) is 0.0296. The maximum atomic E-state index is 13.4. The molecule has 0 aliphatic heterocycles. The number of ether oxygens (including phenoxy) is 3. The van der Waals surface area contributed by atoms with E-state index in [0.29, 0.717) is 36.1 Å². The van der Waals surface area contributed by atoms with Crippen molar-refractivity contribution < 1.29 is 33.6 Å². The molecule has 1 fully saturated rings. The lowest BCUT2D eigenvalue weighted by atomic mass is 9.95. The number of carbonyl (C=O) groups is 2. The van der Waals surface area contributed by atoms with E-state index in [-0.39, 0.29) is 36.5 Å². The van der Waals surface area contributed by atoms with Crippen LogP contribution in [0.4, 0.5) is 4.79 Å². The standard InChI is InChI=1S/C35H44ClN9O7/c1-4-12-30-37-32(36)31(43(30)23-25-17-19-26(20-18-25)28-15-9-10-16-29(28)33-38-40-41-39-33)34(46)51-24(3)52-35(47)49-21-11-22-50-42-45(48)44(5-2)27-13-7-6-8-14-27/h9-10,15-20,24,27H,4-8,11-14,21-23H2,1-3H3,(H,38,39,40,41)/b45-42-. The summed E-state index contributed by atoms with van der Waals surface area (Å²) < 4.78 is 17.3. The first kappa shape index (κ1) is 38.0. The van der Waals surface area contributed by atoms with Gasteiger partial charge in [-0.05, 0) is 53.3 Å². The molecule has 16 nitrogen and oxygen atoms in total. The monoisotopic (exact) mass is 737 g/mol. The third-order valence-corrected chi connectivity index (χ3v) is 8.87. The van der Waals surface area contributed by atoms with Crippen LogP contribution in [-0.4, -0.2) is 84.4 Å². The van der Waals surface area contributed by atoms with Gasteiger partial charge in [0.2, 0.25) is 11.6 Å². The molecule has 2 aromatic heterocycles. The van der Waals surface area contributed by atoms with Crippen LogP contribution in [0.2, 0.25) is 5.15 Å². The van der Waals surface area contributed by atoms with Crippen LogP contribution >= 0.6 is 11.6 Å². The summed E-state index contributed by atoms with van der Waals surface area (Å²) in [5, 5.41) is 31.9. The van der Waals surface area contributed by atoms with Gasteiger partial charge in [-0.15, -0.1) is 10.1 Å². The Morgan fingerprint density at radius 3 is 2.52 bits per heavy atom. The second-order valence-electron chi connectivity index (χ2n) is 12.3. The highest BCUT2D eigenvalue weighted by Gasteiger charge is 2.27. The van der Waals surface area contributed by atoms with Crippen molar-refractivity contribution in [1.82, 2.24) is 35.2 Å². The molecule has 1 N–H and O–H groups in total. The smallest absolute Gasteiger partial charge is 0.511 e. The van der Waals surface area contributed by atoms with E-state index >= 15 is 0 Å². The lowest BCUT2D eigenvalue weighted by Crippen LogP contribution is -2.41. The van der Waals surface area contributed by atoms with E-state index in [4.69, 9.17) is 30.6 Å². The number of aryl methyl sites for hydroxylation is 1. The van der Waals surface area contributed by atoms with Crippen molar-refractivity contribution in [2.24, 2.45) is 5.28 Å². The summed E-state index contributed by atoms with van der Waals surface area (Å²) in [7, 11) is 0. The Morgan fingerprint density at radius 2 is 1.83 bits per heavy atom. The van der Waals surface area contributed by atoms with E-state index in [1.165, 1.54) is 13.3 Å². The first-order valence-electron chi connectivity index (χ1n) is 17.6. The fourth-order valence-corrected chi connectivity index (χ4v) is 6.42. The van der Waals surface area contributed by atoms with E-state index < -0.39 is 18.4 Å². The molecule has 2 aromatic carbocycles. The number of esters is 1. The average Bonchev–Trinajstić information content (AvgIpc) is 3.79. The Morgan fingerprint density at radius 1 is 1.08 bits per heavy atom. The third kappa shape index (κ3) is 9.96. The number of rotatable bonds is 17. The van der Waals surface area contributed by atoms with Crippen LogP contribution in [0.1, 0.15) is 87.6 Å². The molecular formula is C35H44ClN9O7. The van der Waals surface area contributed by atoms with E-state index in [2.05, 4.69) is 30.9 Å². The number of hydrogen-bond donors (Lipinski definition) is 1. The molecule has 0 bridgehead atoms. The van der Waals surface area contributed by atoms with Crippen molar-refractivity contribution in [3.63, 3.8) is 0 Å². The van der Waals surface area contributed by atoms with Crippen LogP contribution in [0.15, 0.2) is 53.8 Å². The molecule has 1 aliphatic rings. The Balaban J connectivity index is 1.13. The zero-order chi connectivity index (χ0) is 36.9. The van der Waals surface area contributed by atoms with Gasteiger partial charge >= 0.3 is 12.1 Å². The number of hydrogen-bond acceptors (Lipinski definition) is 12. The highest BCUT2D eigenvalue weighted by Crippen LogP contribution is 2.30. The molecule has 278 valence electrons. The van der Waals surface area contributed by atoms with Gasteiger partial charge in [0.25, 0.3) is 0 Å². The van der Waals surface area contributed by atoms with E-state index in [9.17, 15) is 14.8 Å². The molecule has 0 radical (unpaired) electrons. The van der Waals surface area contributed by atoms with Gasteiger partial charge in [-0.25, -0.2) is 19.7 Å². The number of tetrazole rings is 1. The third-order valence-electron chi connectivity index (χ3n) is 8.61. The Kier molecular flexibility index (Phi) is 13.8. The van der Waals surface area contributed by atoms with Crippen LogP contribution in [0, 0.1) is 5.21 Å². The molecule has 1 atom stereocenters.